The third kappa shape index (κ3) is 5.58. The lowest BCUT2D eigenvalue weighted by molar-refractivity contribution is -0.137. The second-order valence-electron chi connectivity index (χ2n) is 13.7. The fraction of sp³-hybridized carbons (Fsp3) is 0.543. The van der Waals surface area contributed by atoms with Crippen molar-refractivity contribution in [2.24, 2.45) is 0 Å². The van der Waals surface area contributed by atoms with Gasteiger partial charge in [-0.15, -0.1) is 11.3 Å². The van der Waals surface area contributed by atoms with Crippen LogP contribution in [0.3, 0.4) is 0 Å². The molecule has 0 aliphatic carbocycles. The molecule has 0 saturated carbocycles. The summed E-state index contributed by atoms with van der Waals surface area (Å²) in [5.74, 6) is 0.323. The lowest BCUT2D eigenvalue weighted by Gasteiger charge is -2.34. The van der Waals surface area contributed by atoms with Gasteiger partial charge in [0.05, 0.1) is 17.4 Å². The maximum Gasteiger partial charge on any atom is 0.233 e. The molecule has 8 heteroatoms. The van der Waals surface area contributed by atoms with Crippen LogP contribution in [0.1, 0.15) is 61.1 Å². The number of nitrogens with one attached hydrogen (secondary N) is 1. The minimum absolute atomic E-state index is 0.323. The van der Waals surface area contributed by atoms with Crippen LogP contribution in [0.25, 0.3) is 21.5 Å². The number of thiophene rings is 1. The normalized spacial score (nSPS) is 21.4. The number of aromatic nitrogens is 3. The highest BCUT2D eigenvalue weighted by Crippen LogP contribution is 2.44. The van der Waals surface area contributed by atoms with E-state index in [9.17, 15) is 4.79 Å². The molecule has 7 nitrogen and oxygen atoms in total. The molecule has 3 saturated heterocycles. The Bertz CT molecular complexity index is 1550. The predicted molar refractivity (Wildman–Crippen MR) is 176 cm³/mol. The summed E-state index contributed by atoms with van der Waals surface area (Å²) in [6, 6.07) is 10.1. The highest BCUT2D eigenvalue weighted by atomic mass is 32.1. The number of hydrogen-bond acceptors (Lipinski definition) is 5. The van der Waals surface area contributed by atoms with Gasteiger partial charge in [-0.25, -0.2) is 4.98 Å². The molecule has 4 aromatic rings. The molecule has 3 aliphatic rings. The molecule has 3 fully saturated rings. The molecule has 0 atom stereocenters. The summed E-state index contributed by atoms with van der Waals surface area (Å²) in [5.41, 5.74) is 5.98. The minimum Gasteiger partial charge on any atom is -0.346 e. The van der Waals surface area contributed by atoms with Crippen molar-refractivity contribution in [3.05, 3.63) is 64.6 Å². The number of nitrogens with zero attached hydrogens (tertiary/aromatic N) is 5. The van der Waals surface area contributed by atoms with E-state index in [0.29, 0.717) is 18.0 Å². The van der Waals surface area contributed by atoms with E-state index in [1.165, 1.54) is 68.7 Å². The van der Waals surface area contributed by atoms with E-state index in [1.54, 1.807) is 11.3 Å². The number of amides is 1. The van der Waals surface area contributed by atoms with Gasteiger partial charge in [0.25, 0.3) is 0 Å². The molecule has 2 bridgehead atoms. The van der Waals surface area contributed by atoms with Crippen molar-refractivity contribution in [3.63, 3.8) is 0 Å². The number of aromatic amines is 1. The van der Waals surface area contributed by atoms with Gasteiger partial charge in [-0.2, -0.15) is 0 Å². The summed E-state index contributed by atoms with van der Waals surface area (Å²) in [6.07, 6.45) is 11.5. The topological polar surface area (TPSA) is 60.4 Å². The Labute approximate surface area is 259 Å². The van der Waals surface area contributed by atoms with E-state index in [0.717, 1.165) is 52.2 Å². The molecule has 7 rings (SSSR count). The number of hydrogen-bond donors (Lipinski definition) is 1. The smallest absolute Gasteiger partial charge is 0.233 e. The molecule has 3 aromatic heterocycles. The molecule has 0 spiro atoms. The molecule has 0 unspecified atom stereocenters. The first-order chi connectivity index (χ1) is 20.8. The largest absolute Gasteiger partial charge is 0.346 e. The molecular formula is C35H46N6OS. The number of H-pyrrole nitrogens is 1. The van der Waals surface area contributed by atoms with Crippen molar-refractivity contribution in [3.8, 4) is 11.3 Å². The first kappa shape index (κ1) is 28.8. The lowest BCUT2D eigenvalue weighted by atomic mass is 9.88. The van der Waals surface area contributed by atoms with Gasteiger partial charge in [0, 0.05) is 80.6 Å². The fourth-order valence-corrected chi connectivity index (χ4v) is 9.00. The van der Waals surface area contributed by atoms with E-state index >= 15 is 0 Å². The van der Waals surface area contributed by atoms with Gasteiger partial charge in [0.15, 0.2) is 0 Å². The number of rotatable bonds is 9. The number of carbonyl (C=O) groups excluding carboxylic acids is 1. The van der Waals surface area contributed by atoms with E-state index in [1.807, 2.05) is 18.7 Å². The molecule has 1 amide bonds. The second-order valence-corrected chi connectivity index (χ2v) is 14.8. The van der Waals surface area contributed by atoms with Crippen LogP contribution in [0.5, 0.6) is 0 Å². The van der Waals surface area contributed by atoms with Crippen LogP contribution in [0.2, 0.25) is 0 Å². The maximum atomic E-state index is 14.0. The van der Waals surface area contributed by atoms with Gasteiger partial charge in [0.1, 0.15) is 4.83 Å². The SMILES string of the molecule is Cc1cc(C)cc(-c2[nH]c3sc(C(C)(C)C(=O)N4C5CCC4CC5)cc3c2CCN2CCN(CCn3ccnc3)CC2)c1. The summed E-state index contributed by atoms with van der Waals surface area (Å²) in [5, 5.41) is 1.30. The maximum absolute atomic E-state index is 14.0. The quantitative estimate of drug-likeness (QED) is 0.257. The molecule has 0 radical (unpaired) electrons. The molecule has 1 aromatic carbocycles. The van der Waals surface area contributed by atoms with E-state index in [-0.39, 0.29) is 0 Å². The number of imidazole rings is 1. The number of fused-ring (bicyclic) bond motifs is 3. The van der Waals surface area contributed by atoms with Crippen molar-refractivity contribution in [1.82, 2.24) is 29.2 Å². The zero-order valence-corrected chi connectivity index (χ0v) is 27.1. The van der Waals surface area contributed by atoms with E-state index in [2.05, 4.69) is 81.2 Å². The van der Waals surface area contributed by atoms with Gasteiger partial charge >= 0.3 is 0 Å². The monoisotopic (exact) mass is 598 g/mol. The average molecular weight is 599 g/mol. The number of carbonyl (C=O) groups is 1. The number of benzene rings is 1. The fourth-order valence-electron chi connectivity index (χ4n) is 7.82. The first-order valence-electron chi connectivity index (χ1n) is 16.2. The summed E-state index contributed by atoms with van der Waals surface area (Å²) in [6.45, 7) is 16.2. The molecule has 6 heterocycles. The highest BCUT2D eigenvalue weighted by molar-refractivity contribution is 7.19. The minimum atomic E-state index is -0.514. The van der Waals surface area contributed by atoms with Crippen molar-refractivity contribution in [2.45, 2.75) is 83.8 Å². The van der Waals surface area contributed by atoms with Crippen molar-refractivity contribution in [2.75, 3.05) is 39.3 Å². The van der Waals surface area contributed by atoms with Gasteiger partial charge < -0.3 is 19.4 Å². The number of piperazine rings is 1. The Hall–Kier alpha value is -2.94. The van der Waals surface area contributed by atoms with Gasteiger partial charge in [-0.1, -0.05) is 17.2 Å². The van der Waals surface area contributed by atoms with Crippen molar-refractivity contribution >= 4 is 27.5 Å². The van der Waals surface area contributed by atoms with Gasteiger partial charge in [0.2, 0.25) is 5.91 Å². The second kappa shape index (κ2) is 11.5. The Balaban J connectivity index is 1.11. The van der Waals surface area contributed by atoms with Crippen LogP contribution in [0.4, 0.5) is 0 Å². The van der Waals surface area contributed by atoms with Crippen LogP contribution in [0.15, 0.2) is 43.0 Å². The van der Waals surface area contributed by atoms with Crippen LogP contribution in [0, 0.1) is 13.8 Å². The zero-order chi connectivity index (χ0) is 29.7. The Morgan fingerprint density at radius 1 is 0.930 bits per heavy atom. The Morgan fingerprint density at radius 2 is 1.58 bits per heavy atom. The van der Waals surface area contributed by atoms with Crippen LogP contribution < -0.4 is 0 Å². The summed E-state index contributed by atoms with van der Waals surface area (Å²) >= 11 is 1.79. The third-order valence-corrected chi connectivity index (χ3v) is 11.7. The molecule has 1 N–H and O–H groups in total. The molecule has 43 heavy (non-hydrogen) atoms. The van der Waals surface area contributed by atoms with Crippen LogP contribution >= 0.6 is 11.3 Å². The van der Waals surface area contributed by atoms with Crippen molar-refractivity contribution < 1.29 is 4.79 Å². The van der Waals surface area contributed by atoms with Gasteiger partial charge in [-0.05, 0) is 89.1 Å². The highest BCUT2D eigenvalue weighted by Gasteiger charge is 2.47. The number of aryl methyl sites for hydroxylation is 2. The third-order valence-electron chi connectivity index (χ3n) is 10.3. The Morgan fingerprint density at radius 3 is 2.21 bits per heavy atom. The van der Waals surface area contributed by atoms with Crippen LogP contribution in [-0.4, -0.2) is 86.5 Å². The molecular weight excluding hydrogens is 552 g/mol. The van der Waals surface area contributed by atoms with Crippen LogP contribution in [-0.2, 0) is 23.2 Å². The standard InChI is InChI=1S/C35H46N6OS/c1-24-19-25(2)21-26(20-24)32-29(9-11-38-13-15-39(16-14-38)17-18-40-12-10-36-23-40)30-22-31(43-33(30)37-32)35(3,4)34(42)41-27-5-6-28(41)8-7-27/h10,12,19-23,27-28,37H,5-9,11,13-18H2,1-4H3. The summed E-state index contributed by atoms with van der Waals surface area (Å²) < 4.78 is 2.16. The van der Waals surface area contributed by atoms with Crippen molar-refractivity contribution in [1.29, 1.82) is 0 Å². The van der Waals surface area contributed by atoms with E-state index < -0.39 is 5.41 Å². The summed E-state index contributed by atoms with van der Waals surface area (Å²) in [7, 11) is 0. The summed E-state index contributed by atoms with van der Waals surface area (Å²) in [4.78, 5) is 31.8. The van der Waals surface area contributed by atoms with E-state index in [4.69, 9.17) is 0 Å². The molecule has 3 aliphatic heterocycles. The lowest BCUT2D eigenvalue weighted by Crippen LogP contribution is -2.47. The predicted octanol–water partition coefficient (Wildman–Crippen LogP) is 6.00. The Kier molecular flexibility index (Phi) is 7.72. The molecule has 228 valence electrons. The zero-order valence-electron chi connectivity index (χ0n) is 26.2. The van der Waals surface area contributed by atoms with Gasteiger partial charge in [-0.3, -0.25) is 9.69 Å². The first-order valence-corrected chi connectivity index (χ1v) is 17.0. The average Bonchev–Trinajstić information content (AvgIpc) is 3.82.